The lowest BCUT2D eigenvalue weighted by molar-refractivity contribution is 0.0935. The topological polar surface area (TPSA) is 84.7 Å². The normalized spacial score (nSPS) is 18.6. The fourth-order valence-corrected chi connectivity index (χ4v) is 4.76. The van der Waals surface area contributed by atoms with Crippen LogP contribution in [0.25, 0.3) is 15.9 Å². The Morgan fingerprint density at radius 3 is 2.77 bits per heavy atom. The second kappa shape index (κ2) is 7.83. The fourth-order valence-electron chi connectivity index (χ4n) is 3.85. The maximum atomic E-state index is 13.4. The molecule has 152 valence electrons. The van der Waals surface area contributed by atoms with Crippen molar-refractivity contribution in [1.29, 1.82) is 0 Å². The SMILES string of the molecule is O=C(N[C@@H]1CCC[C@H]1Nc1nc2cc(F)ccc2s1)c1ccccc1-n1nccn1. The molecule has 5 rings (SSSR count). The molecule has 2 heterocycles. The fraction of sp³-hybridized carbons (Fsp3) is 0.238. The van der Waals surface area contributed by atoms with Gasteiger partial charge in [0.2, 0.25) is 0 Å². The van der Waals surface area contributed by atoms with Crippen molar-refractivity contribution < 1.29 is 9.18 Å². The molecule has 30 heavy (non-hydrogen) atoms. The van der Waals surface area contributed by atoms with Gasteiger partial charge < -0.3 is 10.6 Å². The zero-order chi connectivity index (χ0) is 20.5. The predicted molar refractivity (Wildman–Crippen MR) is 113 cm³/mol. The van der Waals surface area contributed by atoms with Gasteiger partial charge in [0.25, 0.3) is 5.91 Å². The number of nitrogens with zero attached hydrogens (tertiary/aromatic N) is 4. The van der Waals surface area contributed by atoms with Crippen LogP contribution in [0.2, 0.25) is 0 Å². The number of thiazole rings is 1. The lowest BCUT2D eigenvalue weighted by atomic mass is 10.1. The van der Waals surface area contributed by atoms with E-state index in [1.165, 1.54) is 28.3 Å². The number of para-hydroxylation sites is 1. The van der Waals surface area contributed by atoms with Gasteiger partial charge in [0.05, 0.1) is 33.9 Å². The van der Waals surface area contributed by atoms with Crippen LogP contribution in [0.1, 0.15) is 29.6 Å². The summed E-state index contributed by atoms with van der Waals surface area (Å²) in [6, 6.07) is 11.9. The Hall–Kier alpha value is -3.33. The predicted octanol–water partition coefficient (Wildman–Crippen LogP) is 3.78. The van der Waals surface area contributed by atoms with Gasteiger partial charge in [-0.15, -0.1) is 0 Å². The number of rotatable bonds is 5. The molecule has 1 fully saturated rings. The van der Waals surface area contributed by atoms with Crippen LogP contribution in [0.5, 0.6) is 0 Å². The Balaban J connectivity index is 1.33. The molecule has 0 radical (unpaired) electrons. The highest BCUT2D eigenvalue weighted by atomic mass is 32.1. The molecule has 2 aromatic heterocycles. The van der Waals surface area contributed by atoms with Gasteiger partial charge in [0.1, 0.15) is 5.82 Å². The lowest BCUT2D eigenvalue weighted by Gasteiger charge is -2.22. The molecule has 9 heteroatoms. The molecule has 2 N–H and O–H groups in total. The number of amides is 1. The van der Waals surface area contributed by atoms with Gasteiger partial charge in [0, 0.05) is 18.2 Å². The van der Waals surface area contributed by atoms with E-state index in [-0.39, 0.29) is 23.8 Å². The third-order valence-corrected chi connectivity index (χ3v) is 6.24. The Morgan fingerprint density at radius 1 is 1.10 bits per heavy atom. The number of aromatic nitrogens is 4. The van der Waals surface area contributed by atoms with Crippen LogP contribution in [0, 0.1) is 5.82 Å². The zero-order valence-electron chi connectivity index (χ0n) is 16.0. The molecule has 1 aliphatic rings. The van der Waals surface area contributed by atoms with E-state index in [0.717, 1.165) is 29.1 Å². The van der Waals surface area contributed by atoms with E-state index in [1.54, 1.807) is 24.5 Å². The van der Waals surface area contributed by atoms with Crippen LogP contribution >= 0.6 is 11.3 Å². The number of hydrogen-bond donors (Lipinski definition) is 2. The van der Waals surface area contributed by atoms with Crippen molar-refractivity contribution in [3.8, 4) is 5.69 Å². The Kier molecular flexibility index (Phi) is 4.88. The molecule has 1 amide bonds. The van der Waals surface area contributed by atoms with E-state index in [0.29, 0.717) is 16.8 Å². The summed E-state index contributed by atoms with van der Waals surface area (Å²) in [7, 11) is 0. The van der Waals surface area contributed by atoms with Gasteiger partial charge in [-0.05, 0) is 43.5 Å². The van der Waals surface area contributed by atoms with Crippen LogP contribution in [-0.4, -0.2) is 38.0 Å². The van der Waals surface area contributed by atoms with E-state index >= 15 is 0 Å². The standard InChI is InChI=1S/C21H19FN6OS/c22-13-8-9-19-17(12-13)27-21(30-19)26-16-6-3-5-15(16)25-20(29)14-4-1-2-7-18(14)28-23-10-11-24-28/h1-2,4,7-12,15-16H,3,5-6H2,(H,25,29)(H,26,27)/t15-,16-/m1/s1. The second-order valence-electron chi connectivity index (χ2n) is 7.23. The summed E-state index contributed by atoms with van der Waals surface area (Å²) in [5, 5.41) is 15.6. The summed E-state index contributed by atoms with van der Waals surface area (Å²) >= 11 is 1.49. The summed E-state index contributed by atoms with van der Waals surface area (Å²) in [6.07, 6.45) is 5.97. The molecule has 0 spiro atoms. The number of fused-ring (bicyclic) bond motifs is 1. The van der Waals surface area contributed by atoms with E-state index in [1.807, 2.05) is 18.2 Å². The highest BCUT2D eigenvalue weighted by molar-refractivity contribution is 7.22. The van der Waals surface area contributed by atoms with Crippen LogP contribution < -0.4 is 10.6 Å². The summed E-state index contributed by atoms with van der Waals surface area (Å²) in [5.74, 6) is -0.455. The molecular formula is C21H19FN6OS. The number of hydrogen-bond acceptors (Lipinski definition) is 6. The van der Waals surface area contributed by atoms with Gasteiger partial charge in [-0.2, -0.15) is 15.0 Å². The molecule has 1 saturated carbocycles. The first-order valence-corrected chi connectivity index (χ1v) is 10.6. The molecule has 0 saturated heterocycles. The quantitative estimate of drug-likeness (QED) is 0.511. The molecule has 0 unspecified atom stereocenters. The average molecular weight is 422 g/mol. The molecule has 2 aromatic carbocycles. The minimum atomic E-state index is -0.296. The number of carbonyl (C=O) groups excluding carboxylic acids is 1. The molecule has 0 bridgehead atoms. The summed E-state index contributed by atoms with van der Waals surface area (Å²) in [6.45, 7) is 0. The first kappa shape index (κ1) is 18.7. The number of benzene rings is 2. The van der Waals surface area contributed by atoms with Crippen LogP contribution in [0.3, 0.4) is 0 Å². The first-order valence-electron chi connectivity index (χ1n) is 9.76. The number of nitrogens with one attached hydrogen (secondary N) is 2. The van der Waals surface area contributed by atoms with E-state index in [9.17, 15) is 9.18 Å². The third-order valence-electron chi connectivity index (χ3n) is 5.27. The third kappa shape index (κ3) is 3.63. The summed E-state index contributed by atoms with van der Waals surface area (Å²) < 4.78 is 14.4. The Morgan fingerprint density at radius 2 is 1.90 bits per heavy atom. The van der Waals surface area contributed by atoms with E-state index < -0.39 is 0 Å². The van der Waals surface area contributed by atoms with Gasteiger partial charge in [-0.25, -0.2) is 9.37 Å². The summed E-state index contributed by atoms with van der Waals surface area (Å²) in [4.78, 5) is 19.0. The van der Waals surface area contributed by atoms with Crippen molar-refractivity contribution in [3.63, 3.8) is 0 Å². The monoisotopic (exact) mass is 422 g/mol. The van der Waals surface area contributed by atoms with Crippen molar-refractivity contribution in [1.82, 2.24) is 25.3 Å². The highest BCUT2D eigenvalue weighted by Crippen LogP contribution is 2.30. The highest BCUT2D eigenvalue weighted by Gasteiger charge is 2.30. The van der Waals surface area contributed by atoms with Gasteiger partial charge in [-0.1, -0.05) is 23.5 Å². The molecule has 4 aromatic rings. The van der Waals surface area contributed by atoms with Crippen LogP contribution in [-0.2, 0) is 0 Å². The molecule has 7 nitrogen and oxygen atoms in total. The zero-order valence-corrected chi connectivity index (χ0v) is 16.8. The average Bonchev–Trinajstić information content (AvgIpc) is 3.49. The van der Waals surface area contributed by atoms with Crippen molar-refractivity contribution in [3.05, 3.63) is 66.2 Å². The molecule has 0 aliphatic heterocycles. The van der Waals surface area contributed by atoms with Gasteiger partial charge in [-0.3, -0.25) is 4.79 Å². The minimum Gasteiger partial charge on any atom is -0.357 e. The summed E-state index contributed by atoms with van der Waals surface area (Å²) in [5.41, 5.74) is 1.80. The smallest absolute Gasteiger partial charge is 0.253 e. The lowest BCUT2D eigenvalue weighted by Crippen LogP contribution is -2.43. The Labute approximate surface area is 175 Å². The minimum absolute atomic E-state index is 0.0279. The number of halogens is 1. The van der Waals surface area contributed by atoms with Gasteiger partial charge >= 0.3 is 0 Å². The Bertz CT molecular complexity index is 1190. The van der Waals surface area contributed by atoms with Crippen LogP contribution in [0.15, 0.2) is 54.9 Å². The first-order chi connectivity index (χ1) is 14.7. The number of carbonyl (C=O) groups is 1. The van der Waals surface area contributed by atoms with Crippen molar-refractivity contribution >= 4 is 32.6 Å². The van der Waals surface area contributed by atoms with E-state index in [2.05, 4.69) is 25.8 Å². The maximum Gasteiger partial charge on any atom is 0.253 e. The van der Waals surface area contributed by atoms with Crippen molar-refractivity contribution in [2.24, 2.45) is 0 Å². The van der Waals surface area contributed by atoms with Crippen molar-refractivity contribution in [2.45, 2.75) is 31.3 Å². The number of anilines is 1. The van der Waals surface area contributed by atoms with Crippen molar-refractivity contribution in [2.75, 3.05) is 5.32 Å². The molecule has 2 atom stereocenters. The molecule has 1 aliphatic carbocycles. The largest absolute Gasteiger partial charge is 0.357 e. The second-order valence-corrected chi connectivity index (χ2v) is 8.26. The molecular weight excluding hydrogens is 403 g/mol. The van der Waals surface area contributed by atoms with Gasteiger partial charge in [0.15, 0.2) is 5.13 Å². The van der Waals surface area contributed by atoms with E-state index in [4.69, 9.17) is 0 Å². The maximum absolute atomic E-state index is 13.4. The van der Waals surface area contributed by atoms with Crippen LogP contribution in [0.4, 0.5) is 9.52 Å².